The van der Waals surface area contributed by atoms with E-state index in [1.807, 2.05) is 6.92 Å². The summed E-state index contributed by atoms with van der Waals surface area (Å²) >= 11 is 0. The Bertz CT molecular complexity index is 552. The number of aromatic nitrogens is 2. The fourth-order valence-electron chi connectivity index (χ4n) is 1.60. The van der Waals surface area contributed by atoms with Gasteiger partial charge < -0.3 is 14.5 Å². The molecule has 0 aliphatic heterocycles. The van der Waals surface area contributed by atoms with Crippen molar-refractivity contribution >= 4 is 11.9 Å². The van der Waals surface area contributed by atoms with Crippen LogP contribution >= 0.6 is 0 Å². The second-order valence-corrected chi connectivity index (χ2v) is 3.69. The van der Waals surface area contributed by atoms with Gasteiger partial charge in [-0.25, -0.2) is 4.98 Å². The molecule has 0 spiro atoms. The quantitative estimate of drug-likeness (QED) is 0.863. The Balaban J connectivity index is 2.18. The van der Waals surface area contributed by atoms with Crippen molar-refractivity contribution in [3.63, 3.8) is 0 Å². The molecule has 6 heteroatoms. The Morgan fingerprint density at radius 3 is 2.89 bits per heavy atom. The first-order valence-corrected chi connectivity index (χ1v) is 5.86. The largest absolute Gasteiger partial charge is 0.493 e. The van der Waals surface area contributed by atoms with E-state index >= 15 is 0 Å². The number of benzene rings is 1. The lowest BCUT2D eigenvalue weighted by atomic mass is 10.2. The average Bonchev–Trinajstić information content (AvgIpc) is 2.92. The van der Waals surface area contributed by atoms with Crippen molar-refractivity contribution in [2.24, 2.45) is 0 Å². The highest BCUT2D eigenvalue weighted by atomic mass is 16.5. The van der Waals surface area contributed by atoms with E-state index in [-0.39, 0.29) is 5.91 Å². The third-order valence-corrected chi connectivity index (χ3v) is 2.46. The molecule has 0 unspecified atom stereocenters. The SMILES string of the molecule is CCOc1ccc(C(=O)Nc2ncc[nH]2)cc1OC. The van der Waals surface area contributed by atoms with Crippen molar-refractivity contribution < 1.29 is 14.3 Å². The Morgan fingerprint density at radius 1 is 1.42 bits per heavy atom. The lowest BCUT2D eigenvalue weighted by Gasteiger charge is -2.10. The molecule has 0 radical (unpaired) electrons. The molecule has 1 amide bonds. The topological polar surface area (TPSA) is 76.2 Å². The maximum Gasteiger partial charge on any atom is 0.258 e. The molecule has 2 aromatic rings. The molecular weight excluding hydrogens is 246 g/mol. The summed E-state index contributed by atoms with van der Waals surface area (Å²) in [5.74, 6) is 1.27. The number of aromatic amines is 1. The molecule has 2 N–H and O–H groups in total. The molecule has 1 heterocycles. The zero-order valence-corrected chi connectivity index (χ0v) is 10.8. The first-order valence-electron chi connectivity index (χ1n) is 5.86. The summed E-state index contributed by atoms with van der Waals surface area (Å²) < 4.78 is 10.6. The second kappa shape index (κ2) is 5.90. The van der Waals surface area contributed by atoms with Gasteiger partial charge in [0.2, 0.25) is 5.95 Å². The molecule has 1 aromatic heterocycles. The summed E-state index contributed by atoms with van der Waals surface area (Å²) in [7, 11) is 1.53. The first kappa shape index (κ1) is 12.9. The van der Waals surface area contributed by atoms with Gasteiger partial charge in [0.1, 0.15) is 0 Å². The third kappa shape index (κ3) is 3.04. The Kier molecular flexibility index (Phi) is 4.02. The van der Waals surface area contributed by atoms with Crippen LogP contribution in [-0.2, 0) is 0 Å². The van der Waals surface area contributed by atoms with Crippen molar-refractivity contribution in [3.05, 3.63) is 36.2 Å². The van der Waals surface area contributed by atoms with Crippen LogP contribution in [0.5, 0.6) is 11.5 Å². The number of imidazole rings is 1. The van der Waals surface area contributed by atoms with Gasteiger partial charge in [0.15, 0.2) is 11.5 Å². The fraction of sp³-hybridized carbons (Fsp3) is 0.231. The highest BCUT2D eigenvalue weighted by Crippen LogP contribution is 2.28. The van der Waals surface area contributed by atoms with Gasteiger partial charge in [0, 0.05) is 18.0 Å². The van der Waals surface area contributed by atoms with Gasteiger partial charge in [-0.2, -0.15) is 0 Å². The van der Waals surface area contributed by atoms with E-state index < -0.39 is 0 Å². The average molecular weight is 261 g/mol. The van der Waals surface area contributed by atoms with E-state index in [0.717, 1.165) is 0 Å². The van der Waals surface area contributed by atoms with Crippen molar-refractivity contribution in [3.8, 4) is 11.5 Å². The van der Waals surface area contributed by atoms with Crippen LogP contribution in [0.1, 0.15) is 17.3 Å². The molecular formula is C13H15N3O3. The van der Waals surface area contributed by atoms with Gasteiger partial charge in [-0.3, -0.25) is 10.1 Å². The smallest absolute Gasteiger partial charge is 0.258 e. The van der Waals surface area contributed by atoms with Crippen LogP contribution in [0.3, 0.4) is 0 Å². The molecule has 0 saturated heterocycles. The molecule has 1 aromatic carbocycles. The summed E-state index contributed by atoms with van der Waals surface area (Å²) in [6, 6.07) is 5.01. The summed E-state index contributed by atoms with van der Waals surface area (Å²) in [6.45, 7) is 2.42. The van der Waals surface area contributed by atoms with Crippen LogP contribution in [0.25, 0.3) is 0 Å². The summed E-state index contributed by atoms with van der Waals surface area (Å²) in [5, 5.41) is 2.64. The Labute approximate surface area is 110 Å². The minimum Gasteiger partial charge on any atom is -0.493 e. The zero-order valence-electron chi connectivity index (χ0n) is 10.8. The zero-order chi connectivity index (χ0) is 13.7. The Morgan fingerprint density at radius 2 is 2.26 bits per heavy atom. The van der Waals surface area contributed by atoms with Gasteiger partial charge in [0.25, 0.3) is 5.91 Å². The number of hydrogen-bond acceptors (Lipinski definition) is 4. The number of carbonyl (C=O) groups excluding carboxylic acids is 1. The number of methoxy groups -OCH3 is 1. The van der Waals surface area contributed by atoms with E-state index in [0.29, 0.717) is 29.6 Å². The number of carbonyl (C=O) groups is 1. The number of hydrogen-bond donors (Lipinski definition) is 2. The number of H-pyrrole nitrogens is 1. The van der Waals surface area contributed by atoms with Crippen LogP contribution < -0.4 is 14.8 Å². The molecule has 2 rings (SSSR count). The van der Waals surface area contributed by atoms with Gasteiger partial charge in [-0.1, -0.05) is 0 Å². The first-order chi connectivity index (χ1) is 9.24. The van der Waals surface area contributed by atoms with Gasteiger partial charge in [0.05, 0.1) is 13.7 Å². The third-order valence-electron chi connectivity index (χ3n) is 2.46. The molecule has 0 atom stereocenters. The number of ether oxygens (including phenoxy) is 2. The minimum absolute atomic E-state index is 0.267. The molecule has 0 aliphatic carbocycles. The molecule has 0 saturated carbocycles. The highest BCUT2D eigenvalue weighted by Gasteiger charge is 2.11. The minimum atomic E-state index is -0.267. The predicted octanol–water partition coefficient (Wildman–Crippen LogP) is 2.07. The number of rotatable bonds is 5. The van der Waals surface area contributed by atoms with Crippen LogP contribution in [-0.4, -0.2) is 29.6 Å². The van der Waals surface area contributed by atoms with E-state index in [1.165, 1.54) is 7.11 Å². The van der Waals surface area contributed by atoms with Gasteiger partial charge >= 0.3 is 0 Å². The van der Waals surface area contributed by atoms with E-state index in [1.54, 1.807) is 30.6 Å². The van der Waals surface area contributed by atoms with Crippen LogP contribution in [0.2, 0.25) is 0 Å². The number of anilines is 1. The standard InChI is InChI=1S/C13H15N3O3/c1-3-19-10-5-4-9(8-11(10)18-2)12(17)16-13-14-6-7-15-13/h4-8H,3H2,1-2H3,(H2,14,15,16,17). The molecule has 100 valence electrons. The fourth-order valence-corrected chi connectivity index (χ4v) is 1.60. The van der Waals surface area contributed by atoms with Gasteiger partial charge in [-0.05, 0) is 25.1 Å². The van der Waals surface area contributed by atoms with Crippen molar-refractivity contribution in [2.45, 2.75) is 6.92 Å². The number of nitrogens with zero attached hydrogens (tertiary/aromatic N) is 1. The number of nitrogens with one attached hydrogen (secondary N) is 2. The van der Waals surface area contributed by atoms with Crippen LogP contribution in [0, 0.1) is 0 Å². The van der Waals surface area contributed by atoms with Crippen molar-refractivity contribution in [1.82, 2.24) is 9.97 Å². The Hall–Kier alpha value is -2.50. The normalized spacial score (nSPS) is 10.0. The maximum atomic E-state index is 12.0. The van der Waals surface area contributed by atoms with Crippen molar-refractivity contribution in [1.29, 1.82) is 0 Å². The highest BCUT2D eigenvalue weighted by molar-refractivity contribution is 6.03. The molecule has 0 fully saturated rings. The van der Waals surface area contributed by atoms with Crippen LogP contribution in [0.4, 0.5) is 5.95 Å². The lowest BCUT2D eigenvalue weighted by Crippen LogP contribution is -2.13. The lowest BCUT2D eigenvalue weighted by molar-refractivity contribution is 0.102. The number of amides is 1. The summed E-state index contributed by atoms with van der Waals surface area (Å²) in [4.78, 5) is 18.7. The van der Waals surface area contributed by atoms with Gasteiger partial charge in [-0.15, -0.1) is 0 Å². The second-order valence-electron chi connectivity index (χ2n) is 3.69. The van der Waals surface area contributed by atoms with E-state index in [2.05, 4.69) is 15.3 Å². The molecule has 0 aliphatic rings. The van der Waals surface area contributed by atoms with E-state index in [4.69, 9.17) is 9.47 Å². The summed E-state index contributed by atoms with van der Waals surface area (Å²) in [5.41, 5.74) is 0.469. The molecule has 0 bridgehead atoms. The maximum absolute atomic E-state index is 12.0. The van der Waals surface area contributed by atoms with Crippen LogP contribution in [0.15, 0.2) is 30.6 Å². The van der Waals surface area contributed by atoms with E-state index in [9.17, 15) is 4.79 Å². The molecule has 19 heavy (non-hydrogen) atoms. The monoisotopic (exact) mass is 261 g/mol. The molecule has 6 nitrogen and oxygen atoms in total. The predicted molar refractivity (Wildman–Crippen MR) is 70.7 cm³/mol. The summed E-state index contributed by atoms with van der Waals surface area (Å²) in [6.07, 6.45) is 3.20. The van der Waals surface area contributed by atoms with Crippen molar-refractivity contribution in [2.75, 3.05) is 19.0 Å².